The summed E-state index contributed by atoms with van der Waals surface area (Å²) < 4.78 is 17.0. The highest BCUT2D eigenvalue weighted by atomic mass is 16.7. The third-order valence-electron chi connectivity index (χ3n) is 6.18. The minimum atomic E-state index is 0.114. The third kappa shape index (κ3) is 2.98. The molecule has 0 saturated heterocycles. The van der Waals surface area contributed by atoms with Crippen molar-refractivity contribution in [3.63, 3.8) is 0 Å². The minimum absolute atomic E-state index is 0.114. The molecule has 140 valence electrons. The van der Waals surface area contributed by atoms with Crippen molar-refractivity contribution in [3.8, 4) is 17.2 Å². The van der Waals surface area contributed by atoms with Gasteiger partial charge in [-0.05, 0) is 37.8 Å². The number of hydrogen-bond donors (Lipinski definition) is 1. The summed E-state index contributed by atoms with van der Waals surface area (Å²) in [5.41, 5.74) is 3.78. The predicted molar refractivity (Wildman–Crippen MR) is 98.0 cm³/mol. The van der Waals surface area contributed by atoms with E-state index in [-0.39, 0.29) is 18.8 Å². The predicted octanol–water partition coefficient (Wildman–Crippen LogP) is 2.24. The number of nitrogens with one attached hydrogen (secondary N) is 1. The smallest absolute Gasteiger partial charge is 0.231 e. The molecule has 26 heavy (non-hydrogen) atoms. The molecule has 1 aliphatic carbocycles. The first-order chi connectivity index (χ1) is 12.6. The van der Waals surface area contributed by atoms with Crippen molar-refractivity contribution in [1.29, 1.82) is 0 Å². The zero-order valence-electron chi connectivity index (χ0n) is 15.9. The largest absolute Gasteiger partial charge is 0.492 e. The lowest BCUT2D eigenvalue weighted by Gasteiger charge is -2.33. The molecule has 5 nitrogen and oxygen atoms in total. The van der Waals surface area contributed by atoms with Crippen LogP contribution in [0.4, 0.5) is 0 Å². The van der Waals surface area contributed by atoms with Gasteiger partial charge in [0.2, 0.25) is 12.5 Å². The van der Waals surface area contributed by atoms with Gasteiger partial charge >= 0.3 is 0 Å². The van der Waals surface area contributed by atoms with Gasteiger partial charge in [0.1, 0.15) is 11.8 Å². The highest BCUT2D eigenvalue weighted by Crippen LogP contribution is 2.48. The van der Waals surface area contributed by atoms with E-state index in [2.05, 4.69) is 26.1 Å². The van der Waals surface area contributed by atoms with Gasteiger partial charge in [-0.15, -0.1) is 0 Å². The van der Waals surface area contributed by atoms with Gasteiger partial charge in [-0.25, -0.2) is 0 Å². The number of allylic oxidation sites excluding steroid dienone is 2. The second-order valence-corrected chi connectivity index (χ2v) is 7.81. The Morgan fingerprint density at radius 1 is 1.35 bits per heavy atom. The number of Topliss-reactive ketones (excluding diaryl/α,β-unsaturated/α-hetero) is 1. The van der Waals surface area contributed by atoms with Gasteiger partial charge < -0.3 is 19.1 Å². The van der Waals surface area contributed by atoms with Crippen LogP contribution >= 0.6 is 0 Å². The van der Waals surface area contributed by atoms with Crippen molar-refractivity contribution in [1.82, 2.24) is 0 Å². The summed E-state index contributed by atoms with van der Waals surface area (Å²) in [5.74, 6) is 2.75. The van der Waals surface area contributed by atoms with Crippen LogP contribution < -0.4 is 19.1 Å². The first-order valence-corrected chi connectivity index (χ1v) is 9.58. The Morgan fingerprint density at radius 3 is 2.92 bits per heavy atom. The Bertz CT molecular complexity index is 755. The molecule has 0 radical (unpaired) electrons. The Kier molecular flexibility index (Phi) is 4.65. The monoisotopic (exact) mass is 358 g/mol. The highest BCUT2D eigenvalue weighted by molar-refractivity contribution is 5.82. The van der Waals surface area contributed by atoms with Crippen LogP contribution in [0, 0.1) is 5.92 Å². The number of rotatable bonds is 4. The molecule has 0 spiro atoms. The van der Waals surface area contributed by atoms with E-state index < -0.39 is 0 Å². The van der Waals surface area contributed by atoms with E-state index in [0.717, 1.165) is 49.3 Å². The van der Waals surface area contributed by atoms with E-state index in [4.69, 9.17) is 14.2 Å². The lowest BCUT2D eigenvalue weighted by molar-refractivity contribution is -0.914. The van der Waals surface area contributed by atoms with Gasteiger partial charge in [-0.1, -0.05) is 11.6 Å². The van der Waals surface area contributed by atoms with Gasteiger partial charge in [0.15, 0.2) is 11.5 Å². The molecule has 1 aromatic rings. The Hall–Kier alpha value is -2.01. The summed E-state index contributed by atoms with van der Waals surface area (Å²) in [6.45, 7) is 3.40. The van der Waals surface area contributed by atoms with Gasteiger partial charge in [0, 0.05) is 12.3 Å². The lowest BCUT2D eigenvalue weighted by Crippen LogP contribution is -3.10. The molecule has 4 rings (SSSR count). The van der Waals surface area contributed by atoms with Crippen molar-refractivity contribution >= 4 is 5.78 Å². The van der Waals surface area contributed by atoms with Crippen LogP contribution in [0.15, 0.2) is 17.7 Å². The lowest BCUT2D eigenvalue weighted by atomic mass is 9.82. The van der Waals surface area contributed by atoms with E-state index in [0.29, 0.717) is 18.0 Å². The second kappa shape index (κ2) is 6.95. The Morgan fingerprint density at radius 2 is 2.19 bits per heavy atom. The molecule has 3 atom stereocenters. The number of carbonyl (C=O) groups is 1. The van der Waals surface area contributed by atoms with Gasteiger partial charge in [-0.2, -0.15) is 0 Å². The summed E-state index contributed by atoms with van der Waals surface area (Å²) >= 11 is 0. The normalized spacial score (nSPS) is 26.9. The molecule has 1 N–H and O–H groups in total. The molecule has 0 amide bonds. The van der Waals surface area contributed by atoms with Crippen molar-refractivity contribution in [3.05, 3.63) is 28.8 Å². The van der Waals surface area contributed by atoms with Crippen LogP contribution in [0.25, 0.3) is 0 Å². The fourth-order valence-electron chi connectivity index (χ4n) is 4.52. The number of ether oxygens (including phenoxy) is 3. The first-order valence-electron chi connectivity index (χ1n) is 9.58. The third-order valence-corrected chi connectivity index (χ3v) is 6.18. The van der Waals surface area contributed by atoms with Gasteiger partial charge in [-0.3, -0.25) is 4.79 Å². The summed E-state index contributed by atoms with van der Waals surface area (Å²) in [5, 5.41) is 0. The maximum absolute atomic E-state index is 13.0. The number of hydrogen-bond acceptors (Lipinski definition) is 4. The SMILES string of the molecule is COc1c2c(cc3c1[C@H](CC(=O)[C@@H]1CC=C(C)CC1)[NH+](C)CC3)OCO2. The zero-order valence-corrected chi connectivity index (χ0v) is 15.9. The van der Waals surface area contributed by atoms with Crippen molar-refractivity contribution in [2.24, 2.45) is 5.92 Å². The van der Waals surface area contributed by atoms with E-state index in [1.807, 2.05) is 0 Å². The van der Waals surface area contributed by atoms with Gasteiger partial charge in [0.25, 0.3) is 0 Å². The van der Waals surface area contributed by atoms with Crippen LogP contribution in [-0.4, -0.2) is 33.3 Å². The standard InChI is InChI=1S/C21H27NO4/c1-13-4-6-14(7-5-13)17(23)11-16-19-15(8-9-22(16)2)10-18-20(21(19)24-3)26-12-25-18/h4,10,14,16H,5-9,11-12H2,1-3H3/p+1/t14-,16+/m1/s1. The average molecular weight is 358 g/mol. The molecule has 0 fully saturated rings. The number of likely N-dealkylation sites (N-methyl/N-ethyl adjacent to an activating group) is 1. The molecular weight excluding hydrogens is 330 g/mol. The number of carbonyl (C=O) groups excluding carboxylic acids is 1. The summed E-state index contributed by atoms with van der Waals surface area (Å²) in [6.07, 6.45) is 6.68. The molecule has 1 unspecified atom stereocenters. The number of ketones is 1. The Balaban J connectivity index is 1.64. The first kappa shape index (κ1) is 17.4. The van der Waals surface area contributed by atoms with Crippen LogP contribution in [0.3, 0.4) is 0 Å². The van der Waals surface area contributed by atoms with E-state index in [9.17, 15) is 4.79 Å². The molecule has 0 saturated carbocycles. The molecule has 3 aliphatic rings. The van der Waals surface area contributed by atoms with E-state index in [1.165, 1.54) is 16.0 Å². The minimum Gasteiger partial charge on any atom is -0.492 e. The van der Waals surface area contributed by atoms with E-state index >= 15 is 0 Å². The fraction of sp³-hybridized carbons (Fsp3) is 0.571. The number of quaternary nitrogens is 1. The quantitative estimate of drug-likeness (QED) is 0.839. The molecule has 2 heterocycles. The van der Waals surface area contributed by atoms with E-state index in [1.54, 1.807) is 7.11 Å². The molecular formula is C21H28NO4+. The van der Waals surface area contributed by atoms with Crippen LogP contribution in [0.2, 0.25) is 0 Å². The van der Waals surface area contributed by atoms with Crippen LogP contribution in [-0.2, 0) is 11.2 Å². The van der Waals surface area contributed by atoms with Crippen molar-refractivity contribution in [2.45, 2.75) is 45.1 Å². The molecule has 5 heteroatoms. The molecule has 0 aromatic heterocycles. The maximum Gasteiger partial charge on any atom is 0.231 e. The van der Waals surface area contributed by atoms with Crippen LogP contribution in [0.1, 0.15) is 49.8 Å². The second-order valence-electron chi connectivity index (χ2n) is 7.81. The number of fused-ring (bicyclic) bond motifs is 2. The summed E-state index contributed by atoms with van der Waals surface area (Å²) in [6, 6.07) is 2.19. The Labute approximate surface area is 154 Å². The zero-order chi connectivity index (χ0) is 18.3. The highest BCUT2D eigenvalue weighted by Gasteiger charge is 2.38. The summed E-state index contributed by atoms with van der Waals surface area (Å²) in [4.78, 5) is 14.4. The topological polar surface area (TPSA) is 49.2 Å². The fourth-order valence-corrected chi connectivity index (χ4v) is 4.52. The summed E-state index contributed by atoms with van der Waals surface area (Å²) in [7, 11) is 3.85. The van der Waals surface area contributed by atoms with Gasteiger partial charge in [0.05, 0.1) is 32.7 Å². The number of benzene rings is 1. The molecule has 1 aromatic carbocycles. The van der Waals surface area contributed by atoms with Crippen LogP contribution in [0.5, 0.6) is 17.2 Å². The molecule has 0 bridgehead atoms. The maximum atomic E-state index is 13.0. The number of methoxy groups -OCH3 is 1. The molecule has 2 aliphatic heterocycles. The average Bonchev–Trinajstić information content (AvgIpc) is 3.11. The van der Waals surface area contributed by atoms with Crippen molar-refractivity contribution < 1.29 is 23.9 Å². The van der Waals surface area contributed by atoms with Crippen molar-refractivity contribution in [2.75, 3.05) is 27.5 Å².